The smallest absolute Gasteiger partial charge is 0.312 e. The van der Waals surface area contributed by atoms with Crippen LogP contribution in [0.15, 0.2) is 24.3 Å². The van der Waals surface area contributed by atoms with E-state index in [1.807, 2.05) is 6.07 Å². The summed E-state index contributed by atoms with van der Waals surface area (Å²) in [6.45, 7) is 0.999. The molecule has 0 unspecified atom stereocenters. The molecule has 6 aliphatic rings. The predicted octanol–water partition coefficient (Wildman–Crippen LogP) is 2.09. The lowest BCUT2D eigenvalue weighted by Gasteiger charge is -2.70. The largest absolute Gasteiger partial charge is 0.493 e. The molecule has 6 nitrogen and oxygen atoms in total. The second-order valence-electron chi connectivity index (χ2n) is 9.26. The number of likely N-dealkylation sites (tertiary alicyclic amines) is 1. The van der Waals surface area contributed by atoms with E-state index in [0.29, 0.717) is 6.04 Å². The number of fused-ring (bicyclic) bond motifs is 1. The topological polar surface area (TPSA) is 57.2 Å². The fourth-order valence-electron chi connectivity index (χ4n) is 7.61. The molecule has 0 N–H and O–H groups in total. The normalized spacial score (nSPS) is 43.0. The summed E-state index contributed by atoms with van der Waals surface area (Å²) in [5.41, 5.74) is 1.40. The van der Waals surface area contributed by atoms with Gasteiger partial charge in [0.1, 0.15) is 11.7 Å². The molecule has 29 heavy (non-hydrogen) atoms. The van der Waals surface area contributed by atoms with E-state index < -0.39 is 11.5 Å². The highest BCUT2D eigenvalue weighted by atomic mass is 16.6. The second-order valence-corrected chi connectivity index (χ2v) is 9.26. The Morgan fingerprint density at radius 1 is 1.24 bits per heavy atom. The van der Waals surface area contributed by atoms with Crippen molar-refractivity contribution >= 4 is 5.97 Å². The van der Waals surface area contributed by atoms with E-state index in [4.69, 9.17) is 18.9 Å². The molecule has 2 fully saturated rings. The minimum absolute atomic E-state index is 0.186. The summed E-state index contributed by atoms with van der Waals surface area (Å²) >= 11 is 0. The summed E-state index contributed by atoms with van der Waals surface area (Å²) in [5, 5.41) is 0. The zero-order valence-corrected chi connectivity index (χ0v) is 17.4. The molecular weight excluding hydrogens is 370 g/mol. The Labute approximate surface area is 170 Å². The Hall–Kier alpha value is -2.05. The zero-order chi connectivity index (χ0) is 20.2. The van der Waals surface area contributed by atoms with Crippen molar-refractivity contribution in [1.29, 1.82) is 0 Å². The number of carbonyl (C=O) groups is 1. The molecular formula is C23H27NO5. The van der Waals surface area contributed by atoms with Crippen molar-refractivity contribution < 1.29 is 23.7 Å². The van der Waals surface area contributed by atoms with Crippen LogP contribution in [0.4, 0.5) is 0 Å². The van der Waals surface area contributed by atoms with E-state index in [1.165, 1.54) is 18.2 Å². The highest BCUT2D eigenvalue weighted by Gasteiger charge is 2.80. The summed E-state index contributed by atoms with van der Waals surface area (Å²) in [4.78, 5) is 15.4. The number of benzene rings is 1. The van der Waals surface area contributed by atoms with Crippen LogP contribution in [0, 0.1) is 11.3 Å². The molecule has 6 atom stereocenters. The number of methoxy groups -OCH3 is 3. The number of piperidine rings is 1. The van der Waals surface area contributed by atoms with Gasteiger partial charge in [0.2, 0.25) is 0 Å². The van der Waals surface area contributed by atoms with E-state index in [-0.39, 0.29) is 22.9 Å². The third-order valence-electron chi connectivity index (χ3n) is 8.76. The first-order chi connectivity index (χ1) is 14.0. The molecule has 1 aromatic rings. The summed E-state index contributed by atoms with van der Waals surface area (Å²) in [6.07, 6.45) is 6.82. The molecule has 6 heteroatoms. The maximum Gasteiger partial charge on any atom is 0.312 e. The average molecular weight is 397 g/mol. The molecule has 7 rings (SSSR count). The monoisotopic (exact) mass is 397 g/mol. The number of carbonyl (C=O) groups excluding carboxylic acids is 1. The molecule has 4 bridgehead atoms. The van der Waals surface area contributed by atoms with Gasteiger partial charge in [-0.3, -0.25) is 4.79 Å². The standard InChI is InChI=1S/C23H27NO5/c1-24-10-9-22-17-13-5-6-15(26-2)18(17)29-20(22)23(28-4)8-7-21(22,16(24)11-13)12-14(23)19(25)27-3/h5-8,14,16,20H,9-12H2,1-4H3/t14-,16+,20-,21+,22-,23+/m0/s1. The van der Waals surface area contributed by atoms with Gasteiger partial charge < -0.3 is 23.8 Å². The predicted molar refractivity (Wildman–Crippen MR) is 105 cm³/mol. The van der Waals surface area contributed by atoms with Gasteiger partial charge >= 0.3 is 5.97 Å². The first-order valence-corrected chi connectivity index (χ1v) is 10.4. The third-order valence-corrected chi connectivity index (χ3v) is 8.76. The van der Waals surface area contributed by atoms with E-state index in [0.717, 1.165) is 37.3 Å². The SMILES string of the molecule is COC(=O)[C@@H]1C[C@@]23C=C[C@]1(OC)[C@H]1Oc4c(OC)ccc5c4[C@@]12CCN(C)[C@@H]3C5. The van der Waals surface area contributed by atoms with Crippen LogP contribution in [0.5, 0.6) is 11.5 Å². The minimum Gasteiger partial charge on any atom is -0.493 e. The Balaban J connectivity index is 1.69. The summed E-state index contributed by atoms with van der Waals surface area (Å²) in [5.74, 6) is 0.998. The first kappa shape index (κ1) is 17.8. The number of hydrogen-bond acceptors (Lipinski definition) is 6. The lowest BCUT2D eigenvalue weighted by atomic mass is 9.37. The number of likely N-dealkylation sites (N-methyl/N-ethyl adjacent to an activating group) is 1. The highest BCUT2D eigenvalue weighted by Crippen LogP contribution is 2.74. The number of hydrogen-bond donors (Lipinski definition) is 0. The zero-order valence-electron chi connectivity index (χ0n) is 17.4. The van der Waals surface area contributed by atoms with Crippen molar-refractivity contribution in [3.8, 4) is 11.5 Å². The quantitative estimate of drug-likeness (QED) is 0.575. The number of nitrogens with zero attached hydrogens (tertiary/aromatic N) is 1. The Kier molecular flexibility index (Phi) is 3.28. The van der Waals surface area contributed by atoms with Gasteiger partial charge in [0, 0.05) is 24.1 Å². The van der Waals surface area contributed by atoms with Gasteiger partial charge in [-0.15, -0.1) is 0 Å². The number of rotatable bonds is 3. The molecule has 2 heterocycles. The van der Waals surface area contributed by atoms with Crippen molar-refractivity contribution in [2.75, 3.05) is 34.9 Å². The van der Waals surface area contributed by atoms with Crippen LogP contribution in [-0.2, 0) is 26.1 Å². The molecule has 4 aliphatic carbocycles. The van der Waals surface area contributed by atoms with Crippen LogP contribution < -0.4 is 9.47 Å². The Bertz CT molecular complexity index is 959. The average Bonchev–Trinajstić information content (AvgIpc) is 3.12. The van der Waals surface area contributed by atoms with Gasteiger partial charge in [0.15, 0.2) is 11.5 Å². The fourth-order valence-corrected chi connectivity index (χ4v) is 7.61. The maximum atomic E-state index is 12.9. The van der Waals surface area contributed by atoms with Crippen LogP contribution in [0.2, 0.25) is 0 Å². The van der Waals surface area contributed by atoms with Crippen molar-refractivity contribution in [3.05, 3.63) is 35.4 Å². The minimum atomic E-state index is -0.839. The van der Waals surface area contributed by atoms with Crippen LogP contribution in [-0.4, -0.2) is 63.5 Å². The molecule has 0 amide bonds. The number of ether oxygens (including phenoxy) is 4. The van der Waals surface area contributed by atoms with E-state index in [2.05, 4.69) is 30.2 Å². The molecule has 1 aromatic carbocycles. The summed E-state index contributed by atoms with van der Waals surface area (Å²) in [6, 6.07) is 4.53. The van der Waals surface area contributed by atoms with Crippen LogP contribution >= 0.6 is 0 Å². The maximum absolute atomic E-state index is 12.9. The lowest BCUT2D eigenvalue weighted by Crippen LogP contribution is -2.79. The van der Waals surface area contributed by atoms with Crippen LogP contribution in [0.3, 0.4) is 0 Å². The summed E-state index contributed by atoms with van der Waals surface area (Å²) in [7, 11) is 7.05. The van der Waals surface area contributed by atoms with Gasteiger partial charge in [0.25, 0.3) is 0 Å². The molecule has 0 aromatic heterocycles. The first-order valence-electron chi connectivity index (χ1n) is 10.4. The second kappa shape index (κ2) is 5.35. The lowest BCUT2D eigenvalue weighted by molar-refractivity contribution is -0.221. The van der Waals surface area contributed by atoms with E-state index >= 15 is 0 Å². The molecule has 1 saturated heterocycles. The van der Waals surface area contributed by atoms with Gasteiger partial charge in [0.05, 0.1) is 25.6 Å². The molecule has 1 saturated carbocycles. The molecule has 0 radical (unpaired) electrons. The van der Waals surface area contributed by atoms with E-state index in [9.17, 15) is 4.79 Å². The van der Waals surface area contributed by atoms with Crippen LogP contribution in [0.1, 0.15) is 24.0 Å². The number of esters is 1. The molecule has 2 spiro atoms. The van der Waals surface area contributed by atoms with Crippen molar-refractivity contribution in [2.24, 2.45) is 11.3 Å². The highest BCUT2D eigenvalue weighted by molar-refractivity contribution is 5.78. The van der Waals surface area contributed by atoms with Gasteiger partial charge in [-0.1, -0.05) is 18.2 Å². The summed E-state index contributed by atoms with van der Waals surface area (Å²) < 4.78 is 23.9. The Morgan fingerprint density at radius 2 is 2.07 bits per heavy atom. The van der Waals surface area contributed by atoms with Crippen molar-refractivity contribution in [3.63, 3.8) is 0 Å². The Morgan fingerprint density at radius 3 is 2.79 bits per heavy atom. The van der Waals surface area contributed by atoms with Crippen molar-refractivity contribution in [2.45, 2.75) is 42.4 Å². The molecule has 2 aliphatic heterocycles. The van der Waals surface area contributed by atoms with E-state index in [1.54, 1.807) is 14.2 Å². The van der Waals surface area contributed by atoms with Gasteiger partial charge in [-0.2, -0.15) is 0 Å². The van der Waals surface area contributed by atoms with Crippen LogP contribution in [0.25, 0.3) is 0 Å². The molecule has 154 valence electrons. The fraction of sp³-hybridized carbons (Fsp3) is 0.609. The third kappa shape index (κ3) is 1.65. The van der Waals surface area contributed by atoms with Gasteiger partial charge in [-0.05, 0) is 44.5 Å². The van der Waals surface area contributed by atoms with Crippen molar-refractivity contribution in [1.82, 2.24) is 4.90 Å². The van der Waals surface area contributed by atoms with Gasteiger partial charge in [-0.25, -0.2) is 0 Å².